The van der Waals surface area contributed by atoms with Crippen LogP contribution in [0.5, 0.6) is 0 Å². The maximum absolute atomic E-state index is 12.7. The van der Waals surface area contributed by atoms with Crippen LogP contribution in [0.2, 0.25) is 0 Å². The summed E-state index contributed by atoms with van der Waals surface area (Å²) in [5, 5.41) is 0. The van der Waals surface area contributed by atoms with E-state index in [9.17, 15) is 13.2 Å². The summed E-state index contributed by atoms with van der Waals surface area (Å²) in [7, 11) is 0. The van der Waals surface area contributed by atoms with Crippen molar-refractivity contribution in [3.8, 4) is 11.1 Å². The molecule has 3 heteroatoms. The minimum atomic E-state index is -4.26. The van der Waals surface area contributed by atoms with E-state index >= 15 is 0 Å². The largest absolute Gasteiger partial charge is 0.416 e. The Labute approximate surface area is 109 Å². The monoisotopic (exact) mass is 262 g/mol. The van der Waals surface area contributed by atoms with Crippen LogP contribution in [0.1, 0.15) is 22.3 Å². The second-order valence-corrected chi connectivity index (χ2v) is 5.03. The third-order valence-corrected chi connectivity index (χ3v) is 3.65. The summed E-state index contributed by atoms with van der Waals surface area (Å²) in [6, 6.07) is 10.2. The molecule has 2 aromatic rings. The van der Waals surface area contributed by atoms with Gasteiger partial charge in [0, 0.05) is 0 Å². The van der Waals surface area contributed by atoms with Crippen molar-refractivity contribution in [1.82, 2.24) is 0 Å². The van der Waals surface area contributed by atoms with Gasteiger partial charge in [0.1, 0.15) is 0 Å². The van der Waals surface area contributed by atoms with Gasteiger partial charge in [-0.05, 0) is 54.2 Å². The molecule has 3 rings (SSSR count). The van der Waals surface area contributed by atoms with Crippen LogP contribution in [0, 0.1) is 6.92 Å². The van der Waals surface area contributed by atoms with Gasteiger partial charge in [-0.2, -0.15) is 13.2 Å². The summed E-state index contributed by atoms with van der Waals surface area (Å²) < 4.78 is 38.1. The van der Waals surface area contributed by atoms with Crippen molar-refractivity contribution in [3.05, 3.63) is 58.7 Å². The Morgan fingerprint density at radius 2 is 1.42 bits per heavy atom. The Bertz CT molecular complexity index is 639. The summed E-state index contributed by atoms with van der Waals surface area (Å²) >= 11 is 0. The normalized spacial score (nSPS) is 13.9. The van der Waals surface area contributed by atoms with Crippen molar-refractivity contribution in [2.45, 2.75) is 25.9 Å². The van der Waals surface area contributed by atoms with Gasteiger partial charge in [0.2, 0.25) is 0 Å². The summed E-state index contributed by atoms with van der Waals surface area (Å²) in [5.41, 5.74) is 4.67. The molecule has 0 aromatic heterocycles. The second-order valence-electron chi connectivity index (χ2n) is 5.03. The van der Waals surface area contributed by atoms with Crippen LogP contribution >= 0.6 is 0 Å². The molecular weight excluding hydrogens is 249 g/mol. The molecule has 1 aliphatic rings. The first-order valence-corrected chi connectivity index (χ1v) is 6.25. The van der Waals surface area contributed by atoms with Crippen LogP contribution in [0.15, 0.2) is 36.4 Å². The topological polar surface area (TPSA) is 0 Å². The van der Waals surface area contributed by atoms with Gasteiger partial charge in [-0.25, -0.2) is 0 Å². The van der Waals surface area contributed by atoms with Crippen LogP contribution in [0.3, 0.4) is 0 Å². The molecule has 0 amide bonds. The maximum atomic E-state index is 12.7. The first-order chi connectivity index (χ1) is 8.95. The lowest BCUT2D eigenvalue weighted by molar-refractivity contribution is -0.137. The summed E-state index contributed by atoms with van der Waals surface area (Å²) in [4.78, 5) is 0. The minimum absolute atomic E-state index is 0.554. The quantitative estimate of drug-likeness (QED) is 0.641. The molecule has 0 saturated heterocycles. The van der Waals surface area contributed by atoms with Crippen molar-refractivity contribution in [3.63, 3.8) is 0 Å². The Kier molecular flexibility index (Phi) is 2.66. The van der Waals surface area contributed by atoms with E-state index in [1.807, 2.05) is 19.1 Å². The van der Waals surface area contributed by atoms with E-state index < -0.39 is 11.7 Å². The van der Waals surface area contributed by atoms with Crippen LogP contribution in [0.25, 0.3) is 11.1 Å². The summed E-state index contributed by atoms with van der Waals surface area (Å²) in [6.45, 7) is 2.03. The summed E-state index contributed by atoms with van der Waals surface area (Å²) in [6.07, 6.45) is -2.77. The van der Waals surface area contributed by atoms with Crippen LogP contribution in [0.4, 0.5) is 13.2 Å². The fourth-order valence-corrected chi connectivity index (χ4v) is 2.70. The van der Waals surface area contributed by atoms with Crippen molar-refractivity contribution in [1.29, 1.82) is 0 Å². The molecule has 19 heavy (non-hydrogen) atoms. The highest BCUT2D eigenvalue weighted by atomic mass is 19.4. The predicted molar refractivity (Wildman–Crippen MR) is 69.0 cm³/mol. The van der Waals surface area contributed by atoms with E-state index in [-0.39, 0.29) is 0 Å². The Morgan fingerprint density at radius 3 is 2.05 bits per heavy atom. The number of hydrogen-bond acceptors (Lipinski definition) is 0. The zero-order valence-electron chi connectivity index (χ0n) is 10.5. The molecule has 2 aromatic carbocycles. The van der Waals surface area contributed by atoms with Crippen LogP contribution in [-0.2, 0) is 19.0 Å². The second kappa shape index (κ2) is 4.12. The number of alkyl halides is 3. The van der Waals surface area contributed by atoms with Gasteiger partial charge in [0.25, 0.3) is 0 Å². The van der Waals surface area contributed by atoms with Gasteiger partial charge in [0.05, 0.1) is 5.56 Å². The molecule has 0 fully saturated rings. The summed E-state index contributed by atoms with van der Waals surface area (Å²) in [5.74, 6) is 0. The lowest BCUT2D eigenvalue weighted by atomic mass is 9.84. The molecule has 0 radical (unpaired) electrons. The SMILES string of the molecule is Cc1ccc2c(c1)CCc1cc(C(F)(F)F)ccc1-2. The number of benzene rings is 2. The number of fused-ring (bicyclic) bond motifs is 3. The molecule has 0 unspecified atom stereocenters. The van der Waals surface area contributed by atoms with Crippen molar-refractivity contribution in [2.24, 2.45) is 0 Å². The van der Waals surface area contributed by atoms with E-state index in [1.54, 1.807) is 6.07 Å². The average molecular weight is 262 g/mol. The van der Waals surface area contributed by atoms with Crippen molar-refractivity contribution in [2.75, 3.05) is 0 Å². The molecular formula is C16H13F3. The van der Waals surface area contributed by atoms with Gasteiger partial charge < -0.3 is 0 Å². The minimum Gasteiger partial charge on any atom is -0.166 e. The maximum Gasteiger partial charge on any atom is 0.416 e. The third kappa shape index (κ3) is 2.14. The smallest absolute Gasteiger partial charge is 0.166 e. The van der Waals surface area contributed by atoms with Crippen LogP contribution < -0.4 is 0 Å². The zero-order valence-corrected chi connectivity index (χ0v) is 10.5. The predicted octanol–water partition coefficient (Wildman–Crippen LogP) is 4.78. The first-order valence-electron chi connectivity index (χ1n) is 6.25. The van der Waals surface area contributed by atoms with Crippen molar-refractivity contribution >= 4 is 0 Å². The lowest BCUT2D eigenvalue weighted by Gasteiger charge is -2.21. The highest BCUT2D eigenvalue weighted by molar-refractivity contribution is 5.73. The van der Waals surface area contributed by atoms with E-state index in [0.717, 1.165) is 23.1 Å². The highest BCUT2D eigenvalue weighted by Crippen LogP contribution is 2.37. The molecule has 0 spiro atoms. The Balaban J connectivity index is 2.13. The standard InChI is InChI=1S/C16H13F3/c1-10-2-6-14-11(8-10)3-4-12-9-13(16(17,18)19)5-7-15(12)14/h2,5-9H,3-4H2,1H3. The van der Waals surface area contributed by atoms with E-state index in [2.05, 4.69) is 6.07 Å². The molecule has 0 aliphatic heterocycles. The van der Waals surface area contributed by atoms with Gasteiger partial charge in [0.15, 0.2) is 0 Å². The van der Waals surface area contributed by atoms with Gasteiger partial charge in [-0.3, -0.25) is 0 Å². The molecule has 0 saturated carbocycles. The highest BCUT2D eigenvalue weighted by Gasteiger charge is 2.31. The fraction of sp³-hybridized carbons (Fsp3) is 0.250. The van der Waals surface area contributed by atoms with Gasteiger partial charge >= 0.3 is 6.18 Å². The van der Waals surface area contributed by atoms with Crippen molar-refractivity contribution < 1.29 is 13.2 Å². The Hall–Kier alpha value is -1.77. The molecule has 1 aliphatic carbocycles. The van der Waals surface area contributed by atoms with Gasteiger partial charge in [-0.15, -0.1) is 0 Å². The fourth-order valence-electron chi connectivity index (χ4n) is 2.70. The molecule has 98 valence electrons. The zero-order chi connectivity index (χ0) is 13.6. The molecule has 0 heterocycles. The average Bonchev–Trinajstić information content (AvgIpc) is 2.36. The molecule has 0 nitrogen and oxygen atoms in total. The van der Waals surface area contributed by atoms with E-state index in [1.165, 1.54) is 23.3 Å². The molecule has 0 atom stereocenters. The van der Waals surface area contributed by atoms with Gasteiger partial charge in [-0.1, -0.05) is 29.8 Å². The lowest BCUT2D eigenvalue weighted by Crippen LogP contribution is -2.09. The number of aryl methyl sites for hydroxylation is 3. The Morgan fingerprint density at radius 1 is 0.842 bits per heavy atom. The van der Waals surface area contributed by atoms with Crippen LogP contribution in [-0.4, -0.2) is 0 Å². The molecule has 0 bridgehead atoms. The van der Waals surface area contributed by atoms with E-state index in [0.29, 0.717) is 6.42 Å². The molecule has 0 N–H and O–H groups in total. The first kappa shape index (κ1) is 12.3. The third-order valence-electron chi connectivity index (χ3n) is 3.65. The number of rotatable bonds is 0. The van der Waals surface area contributed by atoms with E-state index in [4.69, 9.17) is 0 Å². The number of halogens is 3. The number of hydrogen-bond donors (Lipinski definition) is 0.